The van der Waals surface area contributed by atoms with Crippen LogP contribution in [0.3, 0.4) is 0 Å². The second-order valence-electron chi connectivity index (χ2n) is 7.63. The number of hydrogen-bond donors (Lipinski definition) is 3. The van der Waals surface area contributed by atoms with Crippen LogP contribution in [0.2, 0.25) is 0 Å². The summed E-state index contributed by atoms with van der Waals surface area (Å²) in [7, 11) is 1.78. The van der Waals surface area contributed by atoms with Gasteiger partial charge < -0.3 is 25.4 Å². The predicted molar refractivity (Wildman–Crippen MR) is 108 cm³/mol. The van der Waals surface area contributed by atoms with Crippen molar-refractivity contribution in [2.45, 2.75) is 38.6 Å². The zero-order valence-corrected chi connectivity index (χ0v) is 16.4. The van der Waals surface area contributed by atoms with E-state index in [0.717, 1.165) is 50.9 Å². The summed E-state index contributed by atoms with van der Waals surface area (Å²) >= 11 is 0. The molecule has 0 spiro atoms. The highest BCUT2D eigenvalue weighted by Gasteiger charge is 2.34. The largest absolute Gasteiger partial charge is 0.396 e. The number of anilines is 1. The lowest BCUT2D eigenvalue weighted by Gasteiger charge is -2.28. The molecule has 0 bridgehead atoms. The number of nitrogens with zero attached hydrogens (tertiary/aromatic N) is 3. The maximum atomic E-state index is 9.36. The molecule has 0 aromatic carbocycles. The van der Waals surface area contributed by atoms with Gasteiger partial charge in [0.2, 0.25) is 0 Å². The molecule has 7 nitrogen and oxygen atoms in total. The van der Waals surface area contributed by atoms with Crippen molar-refractivity contribution in [3.05, 3.63) is 23.9 Å². The van der Waals surface area contributed by atoms with E-state index in [9.17, 15) is 5.11 Å². The first-order valence-corrected chi connectivity index (χ1v) is 10.1. The molecule has 0 radical (unpaired) electrons. The highest BCUT2D eigenvalue weighted by Crippen LogP contribution is 2.31. The van der Waals surface area contributed by atoms with E-state index >= 15 is 0 Å². The summed E-state index contributed by atoms with van der Waals surface area (Å²) in [5.74, 6) is 1.84. The monoisotopic (exact) mass is 375 g/mol. The van der Waals surface area contributed by atoms with E-state index in [2.05, 4.69) is 31.6 Å². The summed E-state index contributed by atoms with van der Waals surface area (Å²) in [4.78, 5) is 11.2. The highest BCUT2D eigenvalue weighted by molar-refractivity contribution is 5.79. The van der Waals surface area contributed by atoms with Crippen molar-refractivity contribution >= 4 is 11.8 Å². The molecule has 150 valence electrons. The minimum Gasteiger partial charge on any atom is -0.396 e. The third-order valence-electron chi connectivity index (χ3n) is 5.63. The molecule has 2 fully saturated rings. The smallest absolute Gasteiger partial charge is 0.191 e. The maximum absolute atomic E-state index is 9.36. The average Bonchev–Trinajstić information content (AvgIpc) is 3.18. The van der Waals surface area contributed by atoms with Gasteiger partial charge in [-0.15, -0.1) is 0 Å². The lowest BCUT2D eigenvalue weighted by Crippen LogP contribution is -2.44. The summed E-state index contributed by atoms with van der Waals surface area (Å²) in [5, 5.41) is 16.2. The Morgan fingerprint density at radius 3 is 2.89 bits per heavy atom. The Labute approximate surface area is 162 Å². The van der Waals surface area contributed by atoms with E-state index in [0.29, 0.717) is 13.2 Å². The van der Waals surface area contributed by atoms with Crippen molar-refractivity contribution in [3.63, 3.8) is 0 Å². The van der Waals surface area contributed by atoms with Gasteiger partial charge in [0.1, 0.15) is 5.82 Å². The second kappa shape index (κ2) is 9.90. The van der Waals surface area contributed by atoms with Crippen LogP contribution in [-0.4, -0.2) is 62.6 Å². The number of nitrogens with one attached hydrogen (secondary N) is 2. The van der Waals surface area contributed by atoms with Crippen molar-refractivity contribution in [2.75, 3.05) is 51.4 Å². The molecule has 3 heterocycles. The van der Waals surface area contributed by atoms with Crippen molar-refractivity contribution in [1.29, 1.82) is 0 Å². The number of aliphatic hydroxyl groups is 1. The van der Waals surface area contributed by atoms with Crippen molar-refractivity contribution in [1.82, 2.24) is 15.6 Å². The minimum atomic E-state index is 0.00443. The number of aromatic nitrogens is 1. The molecule has 3 N–H and O–H groups in total. The summed E-state index contributed by atoms with van der Waals surface area (Å²) in [6.07, 6.45) is 7.44. The first kappa shape index (κ1) is 19.9. The Morgan fingerprint density at radius 2 is 2.19 bits per heavy atom. The molecule has 1 aromatic rings. The summed E-state index contributed by atoms with van der Waals surface area (Å²) in [5.41, 5.74) is 1.20. The van der Waals surface area contributed by atoms with Crippen LogP contribution in [-0.2, 0) is 11.3 Å². The van der Waals surface area contributed by atoms with Crippen molar-refractivity contribution < 1.29 is 9.84 Å². The van der Waals surface area contributed by atoms with Crippen LogP contribution in [0.1, 0.15) is 37.7 Å². The van der Waals surface area contributed by atoms with E-state index in [4.69, 9.17) is 4.74 Å². The Kier molecular flexibility index (Phi) is 7.29. The Hall–Kier alpha value is -1.86. The Bertz CT molecular complexity index is 610. The lowest BCUT2D eigenvalue weighted by molar-refractivity contribution is 0.127. The molecule has 7 heteroatoms. The Balaban J connectivity index is 1.52. The van der Waals surface area contributed by atoms with E-state index in [1.165, 1.54) is 24.8 Å². The molecule has 0 aliphatic carbocycles. The fourth-order valence-corrected chi connectivity index (χ4v) is 3.86. The minimum absolute atomic E-state index is 0.00443. The summed E-state index contributed by atoms with van der Waals surface area (Å²) < 4.78 is 5.56. The molecule has 1 atom stereocenters. The molecule has 0 saturated carbocycles. The molecule has 1 aromatic heterocycles. The van der Waals surface area contributed by atoms with Crippen LogP contribution >= 0.6 is 0 Å². The number of ether oxygens (including phenoxy) is 1. The topological polar surface area (TPSA) is 82.0 Å². The molecular formula is C20H33N5O2. The maximum Gasteiger partial charge on any atom is 0.191 e. The molecule has 3 rings (SSSR count). The number of aliphatic imine (C=N–C) groups is 1. The standard InChI is InChI=1S/C20H33N5O2/c1-21-19(24-15-20(6-11-26)7-12-27-16-20)23-14-17-5-8-22-18(13-17)25-9-3-2-4-10-25/h5,8,13,26H,2-4,6-7,9-12,14-16H2,1H3,(H2,21,23,24). The van der Waals surface area contributed by atoms with Crippen LogP contribution < -0.4 is 15.5 Å². The third kappa shape index (κ3) is 5.56. The van der Waals surface area contributed by atoms with Crippen LogP contribution in [0.25, 0.3) is 0 Å². The number of pyridine rings is 1. The molecule has 2 aliphatic heterocycles. The molecule has 27 heavy (non-hydrogen) atoms. The van der Waals surface area contributed by atoms with Gasteiger partial charge in [-0.25, -0.2) is 4.98 Å². The van der Waals surface area contributed by atoms with Crippen molar-refractivity contribution in [2.24, 2.45) is 10.4 Å². The van der Waals surface area contributed by atoms with Crippen LogP contribution in [0.5, 0.6) is 0 Å². The predicted octanol–water partition coefficient (Wildman–Crippen LogP) is 1.53. The second-order valence-corrected chi connectivity index (χ2v) is 7.63. The van der Waals surface area contributed by atoms with Crippen LogP contribution in [0.4, 0.5) is 5.82 Å². The summed E-state index contributed by atoms with van der Waals surface area (Å²) in [6, 6.07) is 4.22. The molecule has 2 saturated heterocycles. The van der Waals surface area contributed by atoms with Gasteiger partial charge >= 0.3 is 0 Å². The van der Waals surface area contributed by atoms with E-state index in [1.807, 2.05) is 12.3 Å². The van der Waals surface area contributed by atoms with Crippen LogP contribution in [0, 0.1) is 5.41 Å². The molecule has 1 unspecified atom stereocenters. The quantitative estimate of drug-likeness (QED) is 0.495. The number of aliphatic hydroxyl groups excluding tert-OH is 1. The van der Waals surface area contributed by atoms with Gasteiger partial charge in [-0.1, -0.05) is 0 Å². The van der Waals surface area contributed by atoms with Gasteiger partial charge in [0.05, 0.1) is 6.61 Å². The third-order valence-corrected chi connectivity index (χ3v) is 5.63. The first-order valence-electron chi connectivity index (χ1n) is 10.1. The van der Waals surface area contributed by atoms with E-state index < -0.39 is 0 Å². The number of piperidine rings is 1. The van der Waals surface area contributed by atoms with Crippen LogP contribution in [0.15, 0.2) is 23.3 Å². The van der Waals surface area contributed by atoms with Gasteiger partial charge in [0, 0.05) is 58.1 Å². The number of guanidine groups is 1. The molecular weight excluding hydrogens is 342 g/mol. The fourth-order valence-electron chi connectivity index (χ4n) is 3.86. The first-order chi connectivity index (χ1) is 13.2. The van der Waals surface area contributed by atoms with Crippen molar-refractivity contribution in [3.8, 4) is 0 Å². The normalized spacial score (nSPS) is 23.5. The lowest BCUT2D eigenvalue weighted by atomic mass is 9.84. The Morgan fingerprint density at radius 1 is 1.33 bits per heavy atom. The zero-order chi connectivity index (χ0) is 19.0. The summed E-state index contributed by atoms with van der Waals surface area (Å²) in [6.45, 7) is 5.30. The van der Waals surface area contributed by atoms with Gasteiger partial charge in [0.25, 0.3) is 0 Å². The SMILES string of the molecule is CN=C(NCc1ccnc(N2CCCCC2)c1)NCC1(CCO)CCOC1. The van der Waals surface area contributed by atoms with Gasteiger partial charge in [-0.3, -0.25) is 4.99 Å². The molecule has 2 aliphatic rings. The average molecular weight is 376 g/mol. The fraction of sp³-hybridized carbons (Fsp3) is 0.700. The van der Waals surface area contributed by atoms with Gasteiger partial charge in [0.15, 0.2) is 5.96 Å². The van der Waals surface area contributed by atoms with Gasteiger partial charge in [-0.2, -0.15) is 0 Å². The highest BCUT2D eigenvalue weighted by atomic mass is 16.5. The zero-order valence-electron chi connectivity index (χ0n) is 16.4. The van der Waals surface area contributed by atoms with E-state index in [1.54, 1.807) is 7.05 Å². The number of hydrogen-bond acceptors (Lipinski definition) is 5. The number of rotatable bonds is 7. The van der Waals surface area contributed by atoms with E-state index in [-0.39, 0.29) is 12.0 Å². The van der Waals surface area contributed by atoms with Gasteiger partial charge in [-0.05, 0) is 49.8 Å². The molecule has 0 amide bonds.